The van der Waals surface area contributed by atoms with Gasteiger partial charge in [-0.05, 0) is 0 Å². The fourth-order valence-electron chi connectivity index (χ4n) is 2.42. The van der Waals surface area contributed by atoms with Crippen LogP contribution in [0.5, 0.6) is 0 Å². The van der Waals surface area contributed by atoms with Crippen molar-refractivity contribution in [3.05, 3.63) is 61.4 Å². The van der Waals surface area contributed by atoms with Gasteiger partial charge in [-0.25, -0.2) is 8.78 Å². The van der Waals surface area contributed by atoms with Crippen LogP contribution in [0, 0.1) is 21.7 Å². The Morgan fingerprint density at radius 1 is 1.12 bits per heavy atom. The van der Waals surface area contributed by atoms with Crippen LogP contribution in [0.15, 0.2) is 23.0 Å². The van der Waals surface area contributed by atoms with E-state index in [9.17, 15) is 33.3 Å². The van der Waals surface area contributed by atoms with Crippen LogP contribution in [-0.2, 0) is 0 Å². The van der Waals surface area contributed by atoms with Gasteiger partial charge in [0.15, 0.2) is 11.5 Å². The Morgan fingerprint density at radius 3 is 2.42 bits per heavy atom. The lowest BCUT2D eigenvalue weighted by Gasteiger charge is -2.12. The molecule has 0 fully saturated rings. The number of anilines is 1. The number of nitrogen functional groups attached to an aromatic ring is 1. The summed E-state index contributed by atoms with van der Waals surface area (Å²) < 4.78 is 27.7. The Labute approximate surface area is 130 Å². The Bertz CT molecular complexity index is 1010. The van der Waals surface area contributed by atoms with Gasteiger partial charge in [0.25, 0.3) is 23.1 Å². The van der Waals surface area contributed by atoms with E-state index in [4.69, 9.17) is 5.73 Å². The number of imide groups is 1. The Kier molecular flexibility index (Phi) is 3.14. The minimum atomic E-state index is -1.43. The lowest BCUT2D eigenvalue weighted by molar-refractivity contribution is -0.384. The number of aromatic nitrogens is 1. The van der Waals surface area contributed by atoms with Gasteiger partial charge in [-0.3, -0.25) is 34.4 Å². The van der Waals surface area contributed by atoms with E-state index >= 15 is 0 Å². The molecule has 1 aromatic heterocycles. The molecule has 3 N–H and O–H groups in total. The van der Waals surface area contributed by atoms with Gasteiger partial charge in [-0.2, -0.15) is 0 Å². The standard InChI is InChI=1S/C13H6F2N4O5/c14-4-1-6(15)10(7(2-4)19(23)24)18-8(20)3-5-9(11(18)16)13(22)17-12(5)21/h1-3H,16H2,(H,17,21,22). The number of hydrogen-bond donors (Lipinski definition) is 2. The van der Waals surface area contributed by atoms with E-state index in [1.165, 1.54) is 0 Å². The molecule has 1 aliphatic heterocycles. The maximum atomic E-state index is 14.1. The third kappa shape index (κ3) is 2.02. The smallest absolute Gasteiger partial charge is 0.299 e. The number of carbonyl (C=O) groups is 2. The van der Waals surface area contributed by atoms with Crippen LogP contribution in [0.2, 0.25) is 0 Å². The predicted octanol–water partition coefficient (Wildman–Crippen LogP) is 0.490. The molecule has 9 nitrogen and oxygen atoms in total. The maximum Gasteiger partial charge on any atom is 0.299 e. The van der Waals surface area contributed by atoms with Crippen molar-refractivity contribution in [2.75, 3.05) is 5.73 Å². The predicted molar refractivity (Wildman–Crippen MR) is 74.8 cm³/mol. The average molecular weight is 336 g/mol. The summed E-state index contributed by atoms with van der Waals surface area (Å²) in [6.07, 6.45) is 0. The SMILES string of the molecule is Nc1c2c(cc(=O)n1-c1c(F)cc(F)cc1[N+](=O)[O-])C(=O)NC2=O. The molecule has 3 rings (SSSR count). The molecule has 0 aliphatic carbocycles. The van der Waals surface area contributed by atoms with Crippen molar-refractivity contribution in [3.63, 3.8) is 0 Å². The highest BCUT2D eigenvalue weighted by molar-refractivity contribution is 6.23. The summed E-state index contributed by atoms with van der Waals surface area (Å²) in [6.45, 7) is 0. The molecule has 11 heteroatoms. The van der Waals surface area contributed by atoms with Crippen LogP contribution in [-0.4, -0.2) is 21.3 Å². The number of pyridine rings is 1. The first-order chi connectivity index (χ1) is 11.2. The van der Waals surface area contributed by atoms with Gasteiger partial charge < -0.3 is 5.73 Å². The van der Waals surface area contributed by atoms with E-state index in [-0.39, 0.29) is 5.56 Å². The molecule has 2 amide bonds. The van der Waals surface area contributed by atoms with Crippen molar-refractivity contribution in [2.24, 2.45) is 0 Å². The van der Waals surface area contributed by atoms with Crippen LogP contribution in [0.3, 0.4) is 0 Å². The van der Waals surface area contributed by atoms with Gasteiger partial charge in [0.1, 0.15) is 11.6 Å². The van der Waals surface area contributed by atoms with E-state index < -0.39 is 56.7 Å². The number of carbonyl (C=O) groups excluding carboxylic acids is 2. The second-order valence-electron chi connectivity index (χ2n) is 4.79. The molecule has 0 spiro atoms. The van der Waals surface area contributed by atoms with Crippen molar-refractivity contribution in [1.82, 2.24) is 9.88 Å². The lowest BCUT2D eigenvalue weighted by atomic mass is 10.1. The van der Waals surface area contributed by atoms with Crippen molar-refractivity contribution >= 4 is 23.3 Å². The molecule has 0 unspecified atom stereocenters. The van der Waals surface area contributed by atoms with E-state index in [1.807, 2.05) is 5.32 Å². The van der Waals surface area contributed by atoms with Gasteiger partial charge in [-0.15, -0.1) is 0 Å². The maximum absolute atomic E-state index is 14.1. The first-order valence-electron chi connectivity index (χ1n) is 6.27. The van der Waals surface area contributed by atoms with E-state index in [0.29, 0.717) is 22.8 Å². The molecule has 0 atom stereocenters. The molecule has 2 aromatic rings. The average Bonchev–Trinajstić information content (AvgIpc) is 2.75. The summed E-state index contributed by atoms with van der Waals surface area (Å²) in [5.41, 5.74) is 1.83. The number of nitro benzene ring substituents is 1. The van der Waals surface area contributed by atoms with Gasteiger partial charge in [0.05, 0.1) is 22.1 Å². The number of nitrogens with two attached hydrogens (primary N) is 1. The van der Waals surface area contributed by atoms with Crippen molar-refractivity contribution in [1.29, 1.82) is 0 Å². The number of fused-ring (bicyclic) bond motifs is 1. The van der Waals surface area contributed by atoms with Crippen molar-refractivity contribution in [2.45, 2.75) is 0 Å². The number of benzene rings is 1. The summed E-state index contributed by atoms with van der Waals surface area (Å²) in [5, 5.41) is 12.9. The van der Waals surface area contributed by atoms with E-state index in [0.717, 1.165) is 0 Å². The summed E-state index contributed by atoms with van der Waals surface area (Å²) >= 11 is 0. The summed E-state index contributed by atoms with van der Waals surface area (Å²) in [7, 11) is 0. The first kappa shape index (κ1) is 15.3. The molecule has 1 aliphatic rings. The molecule has 0 saturated carbocycles. The summed E-state index contributed by atoms with van der Waals surface area (Å²) in [4.78, 5) is 45.4. The second-order valence-corrected chi connectivity index (χ2v) is 4.79. The quantitative estimate of drug-likeness (QED) is 0.465. The van der Waals surface area contributed by atoms with E-state index in [2.05, 4.69) is 0 Å². The minimum Gasteiger partial charge on any atom is -0.384 e. The lowest BCUT2D eigenvalue weighted by Crippen LogP contribution is -2.25. The molecule has 24 heavy (non-hydrogen) atoms. The summed E-state index contributed by atoms with van der Waals surface area (Å²) in [6, 6.07) is 1.42. The largest absolute Gasteiger partial charge is 0.384 e. The summed E-state index contributed by atoms with van der Waals surface area (Å²) in [5.74, 6) is -5.15. The molecule has 0 bridgehead atoms. The molecule has 0 saturated heterocycles. The first-order valence-corrected chi connectivity index (χ1v) is 6.27. The number of halogens is 2. The second kappa shape index (κ2) is 4.94. The normalized spacial score (nSPS) is 12.9. The van der Waals surface area contributed by atoms with Crippen molar-refractivity contribution < 1.29 is 23.3 Å². The topological polar surface area (TPSA) is 137 Å². The van der Waals surface area contributed by atoms with Crippen molar-refractivity contribution in [3.8, 4) is 5.69 Å². The zero-order chi connectivity index (χ0) is 17.8. The molecule has 2 heterocycles. The number of nitro groups is 1. The Morgan fingerprint density at radius 2 is 1.79 bits per heavy atom. The highest BCUT2D eigenvalue weighted by Crippen LogP contribution is 2.30. The molecular formula is C13H6F2N4O5. The zero-order valence-electron chi connectivity index (χ0n) is 11.5. The third-order valence-electron chi connectivity index (χ3n) is 3.38. The van der Waals surface area contributed by atoms with Gasteiger partial charge in [-0.1, -0.05) is 0 Å². The van der Waals surface area contributed by atoms with Crippen LogP contribution in [0.25, 0.3) is 5.69 Å². The number of rotatable bonds is 2. The van der Waals surface area contributed by atoms with Gasteiger partial charge in [0, 0.05) is 12.1 Å². The monoisotopic (exact) mass is 336 g/mol. The van der Waals surface area contributed by atoms with Crippen LogP contribution in [0.1, 0.15) is 20.7 Å². The molecule has 1 aromatic carbocycles. The minimum absolute atomic E-state index is 0.326. The van der Waals surface area contributed by atoms with Gasteiger partial charge >= 0.3 is 0 Å². The number of nitrogens with one attached hydrogen (secondary N) is 1. The number of amides is 2. The van der Waals surface area contributed by atoms with Gasteiger partial charge in [0.2, 0.25) is 0 Å². The molecule has 0 radical (unpaired) electrons. The third-order valence-corrected chi connectivity index (χ3v) is 3.38. The Hall–Kier alpha value is -3.63. The van der Waals surface area contributed by atoms with Crippen LogP contribution in [0.4, 0.5) is 20.3 Å². The van der Waals surface area contributed by atoms with Crippen LogP contribution < -0.4 is 16.6 Å². The number of nitrogens with zero attached hydrogens (tertiary/aromatic N) is 2. The number of hydrogen-bond acceptors (Lipinski definition) is 6. The van der Waals surface area contributed by atoms with Crippen LogP contribution >= 0.6 is 0 Å². The molecular weight excluding hydrogens is 330 g/mol. The highest BCUT2D eigenvalue weighted by atomic mass is 19.1. The highest BCUT2D eigenvalue weighted by Gasteiger charge is 2.34. The fourth-order valence-corrected chi connectivity index (χ4v) is 2.42. The Balaban J connectivity index is 2.44. The zero-order valence-corrected chi connectivity index (χ0v) is 11.5. The fraction of sp³-hybridized carbons (Fsp3) is 0. The van der Waals surface area contributed by atoms with E-state index in [1.54, 1.807) is 0 Å². The molecule has 122 valence electrons.